The summed E-state index contributed by atoms with van der Waals surface area (Å²) >= 11 is 2.15. The number of thiazole rings is 1. The zero-order valence-corrected chi connectivity index (χ0v) is 24.0. The van der Waals surface area contributed by atoms with Gasteiger partial charge in [0, 0.05) is 24.7 Å². The van der Waals surface area contributed by atoms with Crippen molar-refractivity contribution >= 4 is 65.2 Å². The Labute approximate surface area is 238 Å². The van der Waals surface area contributed by atoms with Crippen LogP contribution < -0.4 is 9.75 Å². The predicted octanol–water partition coefficient (Wildman–Crippen LogP) is 5.38. The molecule has 5 rings (SSSR count). The van der Waals surface area contributed by atoms with E-state index in [1.54, 1.807) is 31.4 Å². The number of carbonyl (C=O) groups excluding carboxylic acids is 1. The number of nitro groups is 1. The molecule has 11 nitrogen and oxygen atoms in total. The number of fused-ring (bicyclic) bond motifs is 1. The lowest BCUT2D eigenvalue weighted by atomic mass is 10.0. The molecular formula is C26H25N5O6S3. The Morgan fingerprint density at radius 1 is 1.20 bits per heavy atom. The number of hydrazone groups is 1. The van der Waals surface area contributed by atoms with Gasteiger partial charge in [0.05, 0.1) is 38.2 Å². The first-order valence-corrected chi connectivity index (χ1v) is 15.4. The van der Waals surface area contributed by atoms with Crippen LogP contribution in [-0.2, 0) is 10.0 Å². The van der Waals surface area contributed by atoms with Crippen molar-refractivity contribution in [3.05, 3.63) is 75.2 Å². The minimum atomic E-state index is -3.68. The SMILES string of the molecule is COc1ccc2nc(N(/N=C/c3ccc([N+](=O)[O-])s3)C(=O)c3ccc(S(=O)(=O)N4CCCC(C)C4)cc3)sc2c1. The molecule has 2 aromatic heterocycles. The summed E-state index contributed by atoms with van der Waals surface area (Å²) in [4.78, 5) is 29.4. The number of hydrogen-bond acceptors (Lipinski definition) is 10. The standard InChI is InChI=1S/C26H25N5O6S3/c1-17-4-3-13-29(16-17)40(35,36)21-9-5-18(6-10-21)25(32)30(27-15-20-8-12-24(38-20)31(33)34)26-28-22-11-7-19(37-2)14-23(22)39-26/h5-12,14-15,17H,3-4,13,16H2,1-2H3/b27-15+. The van der Waals surface area contributed by atoms with Crippen LogP contribution >= 0.6 is 22.7 Å². The van der Waals surface area contributed by atoms with Crippen LogP contribution in [0.15, 0.2) is 64.6 Å². The quantitative estimate of drug-likeness (QED) is 0.151. The number of rotatable bonds is 8. The van der Waals surface area contributed by atoms with Gasteiger partial charge in [0.2, 0.25) is 15.2 Å². The summed E-state index contributed by atoms with van der Waals surface area (Å²) in [6.45, 7) is 2.97. The summed E-state index contributed by atoms with van der Waals surface area (Å²) in [5, 5.41) is 16.7. The van der Waals surface area contributed by atoms with E-state index >= 15 is 0 Å². The number of aromatic nitrogens is 1. The van der Waals surface area contributed by atoms with E-state index in [4.69, 9.17) is 4.74 Å². The Morgan fingerprint density at radius 3 is 2.65 bits per heavy atom. The number of hydrogen-bond donors (Lipinski definition) is 0. The Balaban J connectivity index is 1.47. The minimum Gasteiger partial charge on any atom is -0.497 e. The number of benzene rings is 2. The van der Waals surface area contributed by atoms with Gasteiger partial charge in [-0.3, -0.25) is 14.9 Å². The lowest BCUT2D eigenvalue weighted by Crippen LogP contribution is -2.39. The molecule has 0 aliphatic carbocycles. The molecule has 1 unspecified atom stereocenters. The molecule has 3 heterocycles. The number of methoxy groups -OCH3 is 1. The molecule has 1 atom stereocenters. The molecule has 0 radical (unpaired) electrons. The predicted molar refractivity (Wildman–Crippen MR) is 155 cm³/mol. The van der Waals surface area contributed by atoms with Gasteiger partial charge in [0.15, 0.2) is 0 Å². The Hall–Kier alpha value is -3.72. The van der Waals surface area contributed by atoms with E-state index in [0.29, 0.717) is 29.2 Å². The molecule has 1 amide bonds. The number of sulfonamides is 1. The van der Waals surface area contributed by atoms with Gasteiger partial charge in [0.1, 0.15) is 5.75 Å². The smallest absolute Gasteiger partial charge is 0.324 e. The van der Waals surface area contributed by atoms with Crippen molar-refractivity contribution in [1.29, 1.82) is 0 Å². The number of amides is 1. The van der Waals surface area contributed by atoms with Crippen molar-refractivity contribution in [3.8, 4) is 5.75 Å². The molecule has 40 heavy (non-hydrogen) atoms. The van der Waals surface area contributed by atoms with Crippen molar-refractivity contribution in [3.63, 3.8) is 0 Å². The number of thiophene rings is 1. The monoisotopic (exact) mass is 599 g/mol. The Kier molecular flexibility index (Phi) is 7.94. The van der Waals surface area contributed by atoms with E-state index in [1.807, 2.05) is 6.92 Å². The second-order valence-electron chi connectivity index (χ2n) is 9.26. The van der Waals surface area contributed by atoms with E-state index in [0.717, 1.165) is 33.9 Å². The number of ether oxygens (including phenoxy) is 1. The highest BCUT2D eigenvalue weighted by molar-refractivity contribution is 7.89. The summed E-state index contributed by atoms with van der Waals surface area (Å²) in [5.41, 5.74) is 0.842. The Bertz CT molecular complexity index is 1700. The molecule has 208 valence electrons. The zero-order valence-electron chi connectivity index (χ0n) is 21.6. The van der Waals surface area contributed by atoms with Gasteiger partial charge in [-0.05, 0) is 67.3 Å². The Morgan fingerprint density at radius 2 is 1.98 bits per heavy atom. The average Bonchev–Trinajstić information content (AvgIpc) is 3.60. The molecule has 4 aromatic rings. The third kappa shape index (κ3) is 5.75. The molecular weight excluding hydrogens is 575 g/mol. The van der Waals surface area contributed by atoms with E-state index < -0.39 is 20.9 Å². The van der Waals surface area contributed by atoms with E-state index in [1.165, 1.54) is 52.2 Å². The molecule has 1 fully saturated rings. The lowest BCUT2D eigenvalue weighted by molar-refractivity contribution is -0.380. The highest BCUT2D eigenvalue weighted by atomic mass is 32.2. The largest absolute Gasteiger partial charge is 0.497 e. The first-order valence-electron chi connectivity index (χ1n) is 12.3. The normalized spacial score (nSPS) is 16.4. The molecule has 0 saturated carbocycles. The molecule has 0 bridgehead atoms. The molecule has 1 saturated heterocycles. The van der Waals surface area contributed by atoms with Gasteiger partial charge >= 0.3 is 5.00 Å². The van der Waals surface area contributed by atoms with Crippen LogP contribution in [0.25, 0.3) is 10.2 Å². The maximum absolute atomic E-state index is 13.7. The number of anilines is 1. The summed E-state index contributed by atoms with van der Waals surface area (Å²) in [7, 11) is -2.13. The van der Waals surface area contributed by atoms with Gasteiger partial charge in [-0.25, -0.2) is 13.4 Å². The number of carbonyl (C=O) groups is 1. The first-order chi connectivity index (χ1) is 19.2. The maximum Gasteiger partial charge on any atom is 0.324 e. The summed E-state index contributed by atoms with van der Waals surface area (Å²) in [5.74, 6) is 0.382. The van der Waals surface area contributed by atoms with Crippen molar-refractivity contribution in [2.24, 2.45) is 11.0 Å². The van der Waals surface area contributed by atoms with E-state index in [-0.39, 0.29) is 26.5 Å². The topological polar surface area (TPSA) is 135 Å². The molecule has 1 aliphatic heterocycles. The average molecular weight is 600 g/mol. The van der Waals surface area contributed by atoms with Gasteiger partial charge in [0.25, 0.3) is 5.91 Å². The highest BCUT2D eigenvalue weighted by Gasteiger charge is 2.29. The van der Waals surface area contributed by atoms with Crippen molar-refractivity contribution in [2.75, 3.05) is 25.2 Å². The molecule has 2 aromatic carbocycles. The van der Waals surface area contributed by atoms with Crippen LogP contribution in [0, 0.1) is 16.0 Å². The third-order valence-electron chi connectivity index (χ3n) is 6.41. The van der Waals surface area contributed by atoms with Gasteiger partial charge in [-0.2, -0.15) is 14.4 Å². The fourth-order valence-corrected chi connectivity index (χ4v) is 7.57. The van der Waals surface area contributed by atoms with Crippen LogP contribution in [0.3, 0.4) is 0 Å². The molecule has 0 spiro atoms. The van der Waals surface area contributed by atoms with Gasteiger partial charge in [-0.1, -0.05) is 29.6 Å². The fourth-order valence-electron chi connectivity index (χ4n) is 4.33. The van der Waals surface area contributed by atoms with Crippen LogP contribution in [0.2, 0.25) is 0 Å². The second-order valence-corrected chi connectivity index (χ2v) is 13.3. The number of piperidine rings is 1. The minimum absolute atomic E-state index is 0.0497. The van der Waals surface area contributed by atoms with Gasteiger partial charge in [-0.15, -0.1) is 0 Å². The van der Waals surface area contributed by atoms with E-state index in [2.05, 4.69) is 10.1 Å². The van der Waals surface area contributed by atoms with Crippen LogP contribution in [0.4, 0.5) is 10.1 Å². The van der Waals surface area contributed by atoms with Crippen molar-refractivity contribution in [2.45, 2.75) is 24.7 Å². The molecule has 0 N–H and O–H groups in total. The third-order valence-corrected chi connectivity index (χ3v) is 10.3. The summed E-state index contributed by atoms with van der Waals surface area (Å²) in [6.07, 6.45) is 3.16. The van der Waals surface area contributed by atoms with Crippen molar-refractivity contribution in [1.82, 2.24) is 9.29 Å². The van der Waals surface area contributed by atoms with Crippen LogP contribution in [-0.4, -0.2) is 55.0 Å². The van der Waals surface area contributed by atoms with Crippen LogP contribution in [0.5, 0.6) is 5.75 Å². The summed E-state index contributed by atoms with van der Waals surface area (Å²) < 4.78 is 33.9. The van der Waals surface area contributed by atoms with Crippen molar-refractivity contribution < 1.29 is 22.9 Å². The fraction of sp³-hybridized carbons (Fsp3) is 0.269. The highest BCUT2D eigenvalue weighted by Crippen LogP contribution is 2.33. The second kappa shape index (κ2) is 11.4. The van der Waals surface area contributed by atoms with Gasteiger partial charge < -0.3 is 4.74 Å². The first kappa shape index (κ1) is 27.8. The maximum atomic E-state index is 13.7. The molecule has 1 aliphatic rings. The number of nitrogens with zero attached hydrogens (tertiary/aromatic N) is 5. The zero-order chi connectivity index (χ0) is 28.4. The van der Waals surface area contributed by atoms with Crippen LogP contribution in [0.1, 0.15) is 35.0 Å². The van der Waals surface area contributed by atoms with E-state index in [9.17, 15) is 23.3 Å². The molecule has 14 heteroatoms. The summed E-state index contributed by atoms with van der Waals surface area (Å²) in [6, 6.07) is 14.0. The lowest BCUT2D eigenvalue weighted by Gasteiger charge is -2.30.